The molecule has 2 atom stereocenters. The van der Waals surface area contributed by atoms with Gasteiger partial charge >= 0.3 is 6.03 Å². The van der Waals surface area contributed by atoms with Crippen molar-refractivity contribution in [2.45, 2.75) is 82.2 Å². The summed E-state index contributed by atoms with van der Waals surface area (Å²) >= 11 is 1.09. The molecule has 10 nitrogen and oxygen atoms in total. The van der Waals surface area contributed by atoms with E-state index in [1.165, 1.54) is 0 Å². The largest absolute Gasteiger partial charge is 0.324 e. The number of urea groups is 1. The van der Waals surface area contributed by atoms with E-state index in [0.717, 1.165) is 66.3 Å². The Bertz CT molecular complexity index is 2030. The van der Waals surface area contributed by atoms with Crippen molar-refractivity contribution >= 4 is 50.3 Å². The standard InChI is InChI=1S/C35H39N7O3S2/c1-22-8-10-26(11-9-22)41-33(21-32(38-41)35(2,3)4)37-34(43)36-25-7-5-6-23(17-25)16-24-18-27-12-13-28(19-24)42(27)47(44,45)29-14-15-30-31(20-29)40-46-39-30/h5-11,14-15,17,20-21,24,27-28H,12-13,16,18-19H2,1-4H3,(H2,36,37,43). The number of rotatable bonds is 7. The molecule has 2 unspecified atom stereocenters. The Morgan fingerprint density at radius 3 is 2.36 bits per heavy atom. The summed E-state index contributed by atoms with van der Waals surface area (Å²) in [6.45, 7) is 8.33. The highest BCUT2D eigenvalue weighted by Crippen LogP contribution is 2.43. The summed E-state index contributed by atoms with van der Waals surface area (Å²) in [5, 5.41) is 10.8. The summed E-state index contributed by atoms with van der Waals surface area (Å²) in [6, 6.07) is 22.5. The first-order valence-corrected chi connectivity index (χ1v) is 18.2. The molecule has 2 saturated heterocycles. The van der Waals surface area contributed by atoms with Crippen LogP contribution >= 0.6 is 11.7 Å². The number of carbonyl (C=O) groups is 1. The molecule has 0 spiro atoms. The highest BCUT2D eigenvalue weighted by Gasteiger charge is 2.47. The second-order valence-electron chi connectivity index (χ2n) is 13.9. The fourth-order valence-corrected chi connectivity index (χ4v) is 9.39. The lowest BCUT2D eigenvalue weighted by molar-refractivity contribution is 0.190. The maximum atomic E-state index is 13.8. The number of benzene rings is 3. The summed E-state index contributed by atoms with van der Waals surface area (Å²) in [4.78, 5) is 13.5. The molecule has 12 heteroatoms. The van der Waals surface area contributed by atoms with Gasteiger partial charge in [0.05, 0.1) is 28.0 Å². The molecule has 3 aromatic carbocycles. The third-order valence-electron chi connectivity index (χ3n) is 9.27. The minimum Gasteiger partial charge on any atom is -0.308 e. The maximum absolute atomic E-state index is 13.8. The molecule has 2 amide bonds. The minimum atomic E-state index is -3.63. The third kappa shape index (κ3) is 6.41. The second kappa shape index (κ2) is 12.1. The summed E-state index contributed by atoms with van der Waals surface area (Å²) in [7, 11) is -3.63. The van der Waals surface area contributed by atoms with Crippen molar-refractivity contribution < 1.29 is 13.2 Å². The van der Waals surface area contributed by atoms with E-state index in [0.29, 0.717) is 33.4 Å². The number of nitrogens with one attached hydrogen (secondary N) is 2. The molecule has 2 aliphatic heterocycles. The van der Waals surface area contributed by atoms with Crippen LogP contribution in [0.15, 0.2) is 77.7 Å². The predicted molar refractivity (Wildman–Crippen MR) is 186 cm³/mol. The van der Waals surface area contributed by atoms with Gasteiger partial charge in [-0.05, 0) is 93.0 Å². The van der Waals surface area contributed by atoms with Gasteiger partial charge in [-0.15, -0.1) is 0 Å². The van der Waals surface area contributed by atoms with Crippen LogP contribution in [0.1, 0.15) is 63.3 Å². The Morgan fingerprint density at radius 2 is 1.64 bits per heavy atom. The van der Waals surface area contributed by atoms with Crippen molar-refractivity contribution in [3.8, 4) is 5.69 Å². The van der Waals surface area contributed by atoms with Crippen molar-refractivity contribution in [1.82, 2.24) is 22.8 Å². The van der Waals surface area contributed by atoms with E-state index in [2.05, 4.69) is 46.2 Å². The lowest BCUT2D eigenvalue weighted by Gasteiger charge is -2.38. The molecule has 7 rings (SSSR count). The number of aromatic nitrogens is 4. The molecule has 2 bridgehead atoms. The maximum Gasteiger partial charge on any atom is 0.324 e. The number of anilines is 2. The van der Waals surface area contributed by atoms with Crippen LogP contribution in [0.4, 0.5) is 16.3 Å². The van der Waals surface area contributed by atoms with E-state index in [-0.39, 0.29) is 23.5 Å². The van der Waals surface area contributed by atoms with E-state index in [1.807, 2.05) is 55.5 Å². The lowest BCUT2D eigenvalue weighted by atomic mass is 9.87. The van der Waals surface area contributed by atoms with Gasteiger partial charge in [-0.1, -0.05) is 50.6 Å². The fraction of sp³-hybridized carbons (Fsp3) is 0.371. The van der Waals surface area contributed by atoms with Crippen molar-refractivity contribution in [1.29, 1.82) is 0 Å². The molecule has 0 saturated carbocycles. The van der Waals surface area contributed by atoms with Gasteiger partial charge in [0.25, 0.3) is 0 Å². The number of aryl methyl sites for hydroxylation is 1. The predicted octanol–water partition coefficient (Wildman–Crippen LogP) is 7.30. The molecule has 0 aliphatic carbocycles. The molecule has 2 N–H and O–H groups in total. The molecule has 2 aliphatic rings. The average molecular weight is 670 g/mol. The molecule has 244 valence electrons. The zero-order chi connectivity index (χ0) is 32.9. The first-order chi connectivity index (χ1) is 22.4. The Hall–Kier alpha value is -4.13. The smallest absolute Gasteiger partial charge is 0.308 e. The fourth-order valence-electron chi connectivity index (χ4n) is 6.96. The topological polar surface area (TPSA) is 122 Å². The number of nitrogens with zero attached hydrogens (tertiary/aromatic N) is 5. The monoisotopic (exact) mass is 669 g/mol. The zero-order valence-electron chi connectivity index (χ0n) is 27.0. The quantitative estimate of drug-likeness (QED) is 0.188. The Kier molecular flexibility index (Phi) is 8.13. The van der Waals surface area contributed by atoms with Crippen LogP contribution in [-0.4, -0.2) is 49.4 Å². The van der Waals surface area contributed by atoms with Crippen molar-refractivity contribution in [3.05, 3.63) is 89.6 Å². The Balaban J connectivity index is 1.02. The van der Waals surface area contributed by atoms with Gasteiger partial charge in [0.15, 0.2) is 0 Å². The van der Waals surface area contributed by atoms with Gasteiger partial charge in [0.2, 0.25) is 10.0 Å². The average Bonchev–Trinajstić information content (AvgIpc) is 3.74. The van der Waals surface area contributed by atoms with Crippen LogP contribution < -0.4 is 10.6 Å². The molecule has 47 heavy (non-hydrogen) atoms. The number of hydrogen-bond acceptors (Lipinski definition) is 7. The lowest BCUT2D eigenvalue weighted by Crippen LogP contribution is -2.46. The second-order valence-corrected chi connectivity index (χ2v) is 16.2. The van der Waals surface area contributed by atoms with Crippen LogP contribution in [0.25, 0.3) is 16.7 Å². The van der Waals surface area contributed by atoms with Crippen molar-refractivity contribution in [3.63, 3.8) is 0 Å². The Labute approximate surface area is 279 Å². The molecule has 0 radical (unpaired) electrons. The first kappa shape index (κ1) is 31.5. The highest BCUT2D eigenvalue weighted by atomic mass is 32.2. The van der Waals surface area contributed by atoms with E-state index in [4.69, 9.17) is 5.10 Å². The summed E-state index contributed by atoms with van der Waals surface area (Å²) in [5.74, 6) is 0.945. The number of sulfonamides is 1. The molecular weight excluding hydrogens is 631 g/mol. The summed E-state index contributed by atoms with van der Waals surface area (Å²) in [6.07, 6.45) is 4.20. The van der Waals surface area contributed by atoms with Gasteiger partial charge in [-0.2, -0.15) is 18.2 Å². The van der Waals surface area contributed by atoms with Crippen molar-refractivity contribution in [2.75, 3.05) is 10.6 Å². The number of amides is 2. The summed E-state index contributed by atoms with van der Waals surface area (Å²) in [5.41, 5.74) is 5.85. The van der Waals surface area contributed by atoms with E-state index < -0.39 is 10.0 Å². The number of carbonyl (C=O) groups excluding carboxylic acids is 1. The highest BCUT2D eigenvalue weighted by molar-refractivity contribution is 7.89. The van der Waals surface area contributed by atoms with Gasteiger partial charge in [-0.3, -0.25) is 5.32 Å². The van der Waals surface area contributed by atoms with E-state index >= 15 is 0 Å². The van der Waals surface area contributed by atoms with Crippen molar-refractivity contribution in [2.24, 2.45) is 5.92 Å². The molecule has 2 fully saturated rings. The normalized spacial score (nSPS) is 20.0. The minimum absolute atomic E-state index is 0.0172. The molecular formula is C35H39N7O3S2. The van der Waals surface area contributed by atoms with Crippen LogP contribution in [0.3, 0.4) is 0 Å². The van der Waals surface area contributed by atoms with Crippen LogP contribution in [0.2, 0.25) is 0 Å². The van der Waals surface area contributed by atoms with E-state index in [1.54, 1.807) is 27.2 Å². The zero-order valence-corrected chi connectivity index (χ0v) is 28.6. The Morgan fingerprint density at radius 1 is 0.915 bits per heavy atom. The first-order valence-electron chi connectivity index (χ1n) is 16.0. The van der Waals surface area contributed by atoms with Crippen LogP contribution in [0, 0.1) is 12.8 Å². The van der Waals surface area contributed by atoms with Crippen LogP contribution in [0.5, 0.6) is 0 Å². The van der Waals surface area contributed by atoms with E-state index in [9.17, 15) is 13.2 Å². The van der Waals surface area contributed by atoms with Gasteiger partial charge < -0.3 is 5.32 Å². The molecule has 2 aromatic heterocycles. The van der Waals surface area contributed by atoms with Gasteiger partial charge in [0, 0.05) is 29.3 Å². The van der Waals surface area contributed by atoms with Gasteiger partial charge in [0.1, 0.15) is 16.9 Å². The molecule has 4 heterocycles. The summed E-state index contributed by atoms with van der Waals surface area (Å²) < 4.78 is 39.5. The molecule has 5 aromatic rings. The van der Waals surface area contributed by atoms with Gasteiger partial charge in [-0.25, -0.2) is 17.9 Å². The SMILES string of the molecule is Cc1ccc(-n2nc(C(C)(C)C)cc2NC(=O)Nc2cccc(CC3CC4CCC(C3)N4S(=O)(=O)c3ccc4nsnc4c3)c2)cc1. The number of hydrogen-bond donors (Lipinski definition) is 2. The third-order valence-corrected chi connectivity index (χ3v) is 11.8. The number of fused-ring (bicyclic) bond motifs is 3. The van der Waals surface area contributed by atoms with Crippen LogP contribution in [-0.2, 0) is 21.9 Å². The number of piperidine rings is 1.